The first kappa shape index (κ1) is 13.7. The van der Waals surface area contributed by atoms with Gasteiger partial charge in [0.25, 0.3) is 5.91 Å². The molecule has 0 unspecified atom stereocenters. The van der Waals surface area contributed by atoms with Crippen molar-refractivity contribution in [2.24, 2.45) is 5.92 Å². The molecular weight excluding hydrogens is 272 g/mol. The number of hydrogen-bond acceptors (Lipinski definition) is 3. The van der Waals surface area contributed by atoms with E-state index in [0.29, 0.717) is 43.8 Å². The number of fused-ring (bicyclic) bond motifs is 1. The Hall–Kier alpha value is -2.24. The SMILES string of the molecule is CCn1c(C(=O)N2CCC(C(=O)O)CC2)cc2occc21. The summed E-state index contributed by atoms with van der Waals surface area (Å²) < 4.78 is 7.29. The van der Waals surface area contributed by atoms with Crippen molar-refractivity contribution in [2.75, 3.05) is 13.1 Å². The van der Waals surface area contributed by atoms with Crippen molar-refractivity contribution < 1.29 is 19.1 Å². The molecule has 3 rings (SSSR count). The van der Waals surface area contributed by atoms with Crippen molar-refractivity contribution in [2.45, 2.75) is 26.3 Å². The second-order valence-corrected chi connectivity index (χ2v) is 5.35. The van der Waals surface area contributed by atoms with Gasteiger partial charge < -0.3 is 19.0 Å². The minimum Gasteiger partial charge on any atom is -0.481 e. The van der Waals surface area contributed by atoms with Crippen molar-refractivity contribution in [3.63, 3.8) is 0 Å². The van der Waals surface area contributed by atoms with Gasteiger partial charge in [0.2, 0.25) is 0 Å². The van der Waals surface area contributed by atoms with E-state index in [9.17, 15) is 9.59 Å². The Morgan fingerprint density at radius 1 is 1.38 bits per heavy atom. The summed E-state index contributed by atoms with van der Waals surface area (Å²) in [5, 5.41) is 9.01. The predicted octanol–water partition coefficient (Wildman–Crippen LogP) is 2.19. The van der Waals surface area contributed by atoms with Gasteiger partial charge in [-0.05, 0) is 19.8 Å². The number of carbonyl (C=O) groups is 2. The fourth-order valence-corrected chi connectivity index (χ4v) is 2.99. The highest BCUT2D eigenvalue weighted by Gasteiger charge is 2.29. The minimum atomic E-state index is -0.767. The van der Waals surface area contributed by atoms with Gasteiger partial charge in [-0.3, -0.25) is 9.59 Å². The van der Waals surface area contributed by atoms with E-state index in [2.05, 4.69) is 0 Å². The van der Waals surface area contributed by atoms with Gasteiger partial charge in [-0.25, -0.2) is 0 Å². The van der Waals surface area contributed by atoms with Crippen LogP contribution >= 0.6 is 0 Å². The highest BCUT2D eigenvalue weighted by atomic mass is 16.4. The first-order valence-electron chi connectivity index (χ1n) is 7.20. The number of furan rings is 1. The smallest absolute Gasteiger partial charge is 0.306 e. The molecule has 0 aliphatic carbocycles. The summed E-state index contributed by atoms with van der Waals surface area (Å²) in [6.45, 7) is 3.66. The fourth-order valence-electron chi connectivity index (χ4n) is 2.99. The van der Waals surface area contributed by atoms with Gasteiger partial charge in [0, 0.05) is 31.8 Å². The van der Waals surface area contributed by atoms with Crippen LogP contribution in [0.5, 0.6) is 0 Å². The van der Waals surface area contributed by atoms with E-state index >= 15 is 0 Å². The zero-order valence-electron chi connectivity index (χ0n) is 11.9. The maximum Gasteiger partial charge on any atom is 0.306 e. The molecule has 0 spiro atoms. The zero-order valence-corrected chi connectivity index (χ0v) is 11.9. The zero-order chi connectivity index (χ0) is 15.0. The molecule has 1 N–H and O–H groups in total. The third-order valence-corrected chi connectivity index (χ3v) is 4.19. The number of carboxylic acid groups (broad SMARTS) is 1. The topological polar surface area (TPSA) is 75.7 Å². The molecule has 1 fully saturated rings. The van der Waals surface area contributed by atoms with Crippen LogP contribution in [-0.4, -0.2) is 39.5 Å². The number of nitrogens with zero attached hydrogens (tertiary/aromatic N) is 2. The van der Waals surface area contributed by atoms with Crippen LogP contribution in [0.2, 0.25) is 0 Å². The molecule has 0 bridgehead atoms. The lowest BCUT2D eigenvalue weighted by Crippen LogP contribution is -2.40. The summed E-state index contributed by atoms with van der Waals surface area (Å²) in [5.41, 5.74) is 2.24. The summed E-state index contributed by atoms with van der Waals surface area (Å²) >= 11 is 0. The average molecular weight is 290 g/mol. The molecule has 6 nitrogen and oxygen atoms in total. The molecule has 0 radical (unpaired) electrons. The summed E-state index contributed by atoms with van der Waals surface area (Å²) in [5.74, 6) is -1.15. The molecule has 2 aromatic rings. The highest BCUT2D eigenvalue weighted by Crippen LogP contribution is 2.24. The maximum absolute atomic E-state index is 12.6. The van der Waals surface area contributed by atoms with Crippen molar-refractivity contribution >= 4 is 23.0 Å². The molecule has 3 heterocycles. The van der Waals surface area contributed by atoms with Crippen LogP contribution in [0.4, 0.5) is 0 Å². The monoisotopic (exact) mass is 290 g/mol. The van der Waals surface area contributed by atoms with Gasteiger partial charge in [0.05, 0.1) is 17.7 Å². The quantitative estimate of drug-likeness (QED) is 0.940. The molecular formula is C15H18N2O4. The Bertz CT molecular complexity index is 677. The van der Waals surface area contributed by atoms with Crippen LogP contribution in [0.25, 0.3) is 11.1 Å². The van der Waals surface area contributed by atoms with Gasteiger partial charge in [-0.15, -0.1) is 0 Å². The van der Waals surface area contributed by atoms with Crippen molar-refractivity contribution in [1.82, 2.24) is 9.47 Å². The summed E-state index contributed by atoms with van der Waals surface area (Å²) in [7, 11) is 0. The van der Waals surface area contributed by atoms with E-state index in [4.69, 9.17) is 9.52 Å². The molecule has 0 atom stereocenters. The van der Waals surface area contributed by atoms with Crippen molar-refractivity contribution in [3.05, 3.63) is 24.1 Å². The number of likely N-dealkylation sites (tertiary alicyclic amines) is 1. The lowest BCUT2D eigenvalue weighted by atomic mass is 9.97. The van der Waals surface area contributed by atoms with Crippen molar-refractivity contribution in [3.8, 4) is 0 Å². The normalized spacial score (nSPS) is 16.5. The fraction of sp³-hybridized carbons (Fsp3) is 0.467. The van der Waals surface area contributed by atoms with E-state index in [1.165, 1.54) is 0 Å². The Labute approximate surface area is 121 Å². The predicted molar refractivity (Wildman–Crippen MR) is 76.1 cm³/mol. The number of aryl methyl sites for hydroxylation is 1. The molecule has 1 aliphatic heterocycles. The standard InChI is InChI=1S/C15H18N2O4/c1-2-17-11-5-8-21-13(11)9-12(17)14(18)16-6-3-10(4-7-16)15(19)20/h5,8-10H,2-4,6-7H2,1H3,(H,19,20). The number of amides is 1. The van der Waals surface area contributed by atoms with Crippen LogP contribution in [0.15, 0.2) is 22.8 Å². The van der Waals surface area contributed by atoms with Crippen LogP contribution < -0.4 is 0 Å². The van der Waals surface area contributed by atoms with Gasteiger partial charge in [-0.1, -0.05) is 0 Å². The lowest BCUT2D eigenvalue weighted by Gasteiger charge is -2.30. The lowest BCUT2D eigenvalue weighted by molar-refractivity contribution is -0.143. The van der Waals surface area contributed by atoms with Crippen LogP contribution in [-0.2, 0) is 11.3 Å². The Kier molecular flexibility index (Phi) is 3.45. The minimum absolute atomic E-state index is 0.0490. The summed E-state index contributed by atoms with van der Waals surface area (Å²) in [6.07, 6.45) is 2.65. The first-order chi connectivity index (χ1) is 10.1. The van der Waals surface area contributed by atoms with E-state index < -0.39 is 5.97 Å². The number of aromatic nitrogens is 1. The summed E-state index contributed by atoms with van der Waals surface area (Å²) in [6, 6.07) is 3.62. The third kappa shape index (κ3) is 2.30. The van der Waals surface area contributed by atoms with E-state index in [-0.39, 0.29) is 11.8 Å². The number of hydrogen-bond donors (Lipinski definition) is 1. The molecule has 6 heteroatoms. The third-order valence-electron chi connectivity index (χ3n) is 4.19. The summed E-state index contributed by atoms with van der Waals surface area (Å²) in [4.78, 5) is 25.3. The second kappa shape index (κ2) is 5.27. The molecule has 1 amide bonds. The molecule has 21 heavy (non-hydrogen) atoms. The van der Waals surface area contributed by atoms with Crippen molar-refractivity contribution in [1.29, 1.82) is 0 Å². The van der Waals surface area contributed by atoms with Gasteiger partial charge >= 0.3 is 5.97 Å². The molecule has 1 aliphatic rings. The highest BCUT2D eigenvalue weighted by molar-refractivity contribution is 5.97. The molecule has 112 valence electrons. The Morgan fingerprint density at radius 3 is 2.71 bits per heavy atom. The number of carboxylic acids is 1. The van der Waals surface area contributed by atoms with E-state index in [1.54, 1.807) is 17.2 Å². The number of rotatable bonds is 3. The number of aliphatic carboxylic acids is 1. The van der Waals surface area contributed by atoms with Crippen LogP contribution in [0.3, 0.4) is 0 Å². The van der Waals surface area contributed by atoms with Gasteiger partial charge in [0.15, 0.2) is 5.58 Å². The molecule has 0 aromatic carbocycles. The van der Waals surface area contributed by atoms with Gasteiger partial charge in [0.1, 0.15) is 5.69 Å². The molecule has 2 aromatic heterocycles. The van der Waals surface area contributed by atoms with Gasteiger partial charge in [-0.2, -0.15) is 0 Å². The Balaban J connectivity index is 1.81. The van der Waals surface area contributed by atoms with Crippen LogP contribution in [0, 0.1) is 5.92 Å². The van der Waals surface area contributed by atoms with Crippen LogP contribution in [0.1, 0.15) is 30.3 Å². The van der Waals surface area contributed by atoms with E-state index in [0.717, 1.165) is 5.52 Å². The molecule has 1 saturated heterocycles. The average Bonchev–Trinajstić information content (AvgIpc) is 3.06. The second-order valence-electron chi connectivity index (χ2n) is 5.35. The number of piperidine rings is 1. The molecule has 0 saturated carbocycles. The Morgan fingerprint density at radius 2 is 2.10 bits per heavy atom. The van der Waals surface area contributed by atoms with E-state index in [1.807, 2.05) is 17.6 Å². The first-order valence-corrected chi connectivity index (χ1v) is 7.20. The maximum atomic E-state index is 12.6. The number of carbonyl (C=O) groups excluding carboxylic acids is 1. The largest absolute Gasteiger partial charge is 0.481 e.